The summed E-state index contributed by atoms with van der Waals surface area (Å²) in [6.45, 7) is 4.77. The van der Waals surface area contributed by atoms with Gasteiger partial charge in [0.05, 0.1) is 22.3 Å². The topological polar surface area (TPSA) is 72.3 Å². The van der Waals surface area contributed by atoms with E-state index in [2.05, 4.69) is 0 Å². The van der Waals surface area contributed by atoms with Crippen molar-refractivity contribution in [2.24, 2.45) is 11.7 Å². The number of carbonyl (C=O) groups excluding carboxylic acids is 1. The molecule has 0 unspecified atom stereocenters. The van der Waals surface area contributed by atoms with Gasteiger partial charge in [-0.25, -0.2) is 0 Å². The van der Waals surface area contributed by atoms with Crippen molar-refractivity contribution < 1.29 is 4.79 Å². The smallest absolute Gasteiger partial charge is 0.236 e. The van der Waals surface area contributed by atoms with Crippen LogP contribution in [0.15, 0.2) is 12.1 Å². The molecule has 0 fully saturated rings. The van der Waals surface area contributed by atoms with E-state index in [1.54, 1.807) is 17.0 Å². The van der Waals surface area contributed by atoms with Crippen LogP contribution in [0.3, 0.4) is 0 Å². The molecule has 4 N–H and O–H groups in total. The number of primary amides is 1. The molecule has 0 bridgehead atoms. The van der Waals surface area contributed by atoms with Crippen LogP contribution >= 0.6 is 23.2 Å². The predicted molar refractivity (Wildman–Crippen MR) is 77.1 cm³/mol. The zero-order valence-electron chi connectivity index (χ0n) is 10.4. The van der Waals surface area contributed by atoms with E-state index in [1.165, 1.54) is 0 Å². The summed E-state index contributed by atoms with van der Waals surface area (Å²) in [5.41, 5.74) is 12.0. The number of nitrogens with two attached hydrogens (primary N) is 2. The fourth-order valence-electron chi connectivity index (χ4n) is 1.75. The second-order valence-corrected chi connectivity index (χ2v) is 5.39. The van der Waals surface area contributed by atoms with Crippen molar-refractivity contribution in [1.82, 2.24) is 0 Å². The number of anilines is 2. The highest BCUT2D eigenvalue weighted by Crippen LogP contribution is 2.36. The number of nitrogen functional groups attached to an aromatic ring is 1. The van der Waals surface area contributed by atoms with Crippen molar-refractivity contribution in [1.29, 1.82) is 0 Å². The largest absolute Gasteiger partial charge is 0.399 e. The van der Waals surface area contributed by atoms with Gasteiger partial charge in [-0.1, -0.05) is 37.0 Å². The van der Waals surface area contributed by atoms with Gasteiger partial charge in [-0.2, -0.15) is 0 Å². The summed E-state index contributed by atoms with van der Waals surface area (Å²) in [6.07, 6.45) is 0. The number of amides is 1. The van der Waals surface area contributed by atoms with Gasteiger partial charge in [0.15, 0.2) is 0 Å². The SMILES string of the molecule is CC(C)CN(CC(N)=O)c1c(Cl)cc(N)cc1Cl. The van der Waals surface area contributed by atoms with Gasteiger partial charge in [0.25, 0.3) is 0 Å². The number of halogens is 2. The van der Waals surface area contributed by atoms with Crippen molar-refractivity contribution in [3.8, 4) is 0 Å². The number of carbonyl (C=O) groups is 1. The van der Waals surface area contributed by atoms with E-state index >= 15 is 0 Å². The average molecular weight is 290 g/mol. The van der Waals surface area contributed by atoms with Gasteiger partial charge in [-0.05, 0) is 18.1 Å². The summed E-state index contributed by atoms with van der Waals surface area (Å²) in [6, 6.07) is 3.22. The van der Waals surface area contributed by atoms with Crippen molar-refractivity contribution in [3.63, 3.8) is 0 Å². The van der Waals surface area contributed by atoms with Crippen LogP contribution in [0.1, 0.15) is 13.8 Å². The van der Waals surface area contributed by atoms with Crippen LogP contribution in [0.4, 0.5) is 11.4 Å². The molecule has 0 heterocycles. The first kappa shape index (κ1) is 14.9. The molecule has 1 amide bonds. The molecule has 100 valence electrons. The zero-order chi connectivity index (χ0) is 13.9. The highest BCUT2D eigenvalue weighted by atomic mass is 35.5. The Labute approximate surface area is 117 Å². The van der Waals surface area contributed by atoms with Crippen LogP contribution in [-0.2, 0) is 4.79 Å². The molecule has 0 aliphatic carbocycles. The molecular formula is C12H17Cl2N3O. The normalized spacial score (nSPS) is 10.7. The third kappa shape index (κ3) is 3.96. The summed E-state index contributed by atoms with van der Waals surface area (Å²) in [5, 5.41) is 0.837. The third-order valence-electron chi connectivity index (χ3n) is 2.29. The Morgan fingerprint density at radius 2 is 1.83 bits per heavy atom. The molecule has 0 aliphatic rings. The molecular weight excluding hydrogens is 273 g/mol. The highest BCUT2D eigenvalue weighted by Gasteiger charge is 2.18. The van der Waals surface area contributed by atoms with E-state index in [0.717, 1.165) is 0 Å². The molecule has 0 aliphatic heterocycles. The second-order valence-electron chi connectivity index (χ2n) is 4.57. The highest BCUT2D eigenvalue weighted by molar-refractivity contribution is 6.39. The maximum absolute atomic E-state index is 11.1. The van der Waals surface area contributed by atoms with Crippen molar-refractivity contribution in [2.45, 2.75) is 13.8 Å². The molecule has 4 nitrogen and oxygen atoms in total. The van der Waals surface area contributed by atoms with Gasteiger partial charge in [-0.15, -0.1) is 0 Å². The molecule has 18 heavy (non-hydrogen) atoms. The standard InChI is InChI=1S/C12H17Cl2N3O/c1-7(2)5-17(6-11(16)18)12-9(13)3-8(15)4-10(12)14/h3-4,7H,5-6,15H2,1-2H3,(H2,16,18). The lowest BCUT2D eigenvalue weighted by Crippen LogP contribution is -2.36. The molecule has 0 aromatic heterocycles. The average Bonchev–Trinajstić information content (AvgIpc) is 2.12. The van der Waals surface area contributed by atoms with Crippen LogP contribution in [0.2, 0.25) is 10.0 Å². The van der Waals surface area contributed by atoms with Crippen LogP contribution in [-0.4, -0.2) is 19.0 Å². The second kappa shape index (κ2) is 6.16. The quantitative estimate of drug-likeness (QED) is 0.818. The Bertz CT molecular complexity index is 426. The molecule has 0 radical (unpaired) electrons. The summed E-state index contributed by atoms with van der Waals surface area (Å²) >= 11 is 12.3. The number of nitrogens with zero attached hydrogens (tertiary/aromatic N) is 1. The van der Waals surface area contributed by atoms with Crippen LogP contribution in [0, 0.1) is 5.92 Å². The molecule has 1 rings (SSSR count). The molecule has 1 aromatic rings. The number of benzene rings is 1. The maximum atomic E-state index is 11.1. The summed E-state index contributed by atoms with van der Waals surface area (Å²) in [7, 11) is 0. The third-order valence-corrected chi connectivity index (χ3v) is 2.86. The molecule has 6 heteroatoms. The van der Waals surface area contributed by atoms with E-state index in [4.69, 9.17) is 34.7 Å². The monoisotopic (exact) mass is 289 g/mol. The lowest BCUT2D eigenvalue weighted by molar-refractivity contribution is -0.116. The minimum absolute atomic E-state index is 0.0710. The molecule has 0 spiro atoms. The van der Waals surface area contributed by atoms with E-state index in [0.29, 0.717) is 33.9 Å². The Balaban J connectivity index is 3.15. The van der Waals surface area contributed by atoms with E-state index in [1.807, 2.05) is 13.8 Å². The van der Waals surface area contributed by atoms with E-state index in [-0.39, 0.29) is 6.54 Å². The van der Waals surface area contributed by atoms with Gasteiger partial charge >= 0.3 is 0 Å². The lowest BCUT2D eigenvalue weighted by atomic mass is 10.1. The van der Waals surface area contributed by atoms with Crippen LogP contribution in [0.25, 0.3) is 0 Å². The first-order valence-electron chi connectivity index (χ1n) is 5.59. The van der Waals surface area contributed by atoms with Crippen molar-refractivity contribution in [2.75, 3.05) is 23.7 Å². The first-order chi connectivity index (χ1) is 8.31. The summed E-state index contributed by atoms with van der Waals surface area (Å²) in [4.78, 5) is 12.9. The van der Waals surface area contributed by atoms with E-state index < -0.39 is 5.91 Å². The Morgan fingerprint density at radius 1 is 1.33 bits per heavy atom. The zero-order valence-corrected chi connectivity index (χ0v) is 11.9. The predicted octanol–water partition coefficient (Wildman–Crippen LogP) is 2.52. The van der Waals surface area contributed by atoms with E-state index in [9.17, 15) is 4.79 Å². The van der Waals surface area contributed by atoms with Gasteiger partial charge in [0.2, 0.25) is 5.91 Å². The number of hydrogen-bond donors (Lipinski definition) is 2. The lowest BCUT2D eigenvalue weighted by Gasteiger charge is -2.27. The summed E-state index contributed by atoms with van der Waals surface area (Å²) < 4.78 is 0. The van der Waals surface area contributed by atoms with Gasteiger partial charge in [0.1, 0.15) is 0 Å². The molecule has 0 atom stereocenters. The molecule has 0 saturated carbocycles. The maximum Gasteiger partial charge on any atom is 0.236 e. The fraction of sp³-hybridized carbons (Fsp3) is 0.417. The van der Waals surface area contributed by atoms with Crippen LogP contribution in [0.5, 0.6) is 0 Å². The van der Waals surface area contributed by atoms with Gasteiger partial charge in [0, 0.05) is 12.2 Å². The van der Waals surface area contributed by atoms with Crippen molar-refractivity contribution >= 4 is 40.5 Å². The van der Waals surface area contributed by atoms with Crippen LogP contribution < -0.4 is 16.4 Å². The minimum atomic E-state index is -0.431. The molecule has 1 aromatic carbocycles. The van der Waals surface area contributed by atoms with Gasteiger partial charge < -0.3 is 16.4 Å². The Morgan fingerprint density at radius 3 is 2.22 bits per heavy atom. The van der Waals surface area contributed by atoms with Gasteiger partial charge in [-0.3, -0.25) is 4.79 Å². The Hall–Kier alpha value is -1.13. The number of rotatable bonds is 5. The Kier molecular flexibility index (Phi) is 5.11. The number of hydrogen-bond acceptors (Lipinski definition) is 3. The van der Waals surface area contributed by atoms with Crippen molar-refractivity contribution in [3.05, 3.63) is 22.2 Å². The molecule has 0 saturated heterocycles. The fourth-order valence-corrected chi connectivity index (χ4v) is 2.49. The first-order valence-corrected chi connectivity index (χ1v) is 6.34. The summed E-state index contributed by atoms with van der Waals surface area (Å²) in [5.74, 6) is -0.0892. The minimum Gasteiger partial charge on any atom is -0.399 e.